The third-order valence-electron chi connectivity index (χ3n) is 5.16. The lowest BCUT2D eigenvalue weighted by atomic mass is 9.96. The maximum atomic E-state index is 13.7. The van der Waals surface area contributed by atoms with Gasteiger partial charge in [0.2, 0.25) is 11.8 Å². The van der Waals surface area contributed by atoms with Gasteiger partial charge < -0.3 is 19.6 Å². The molecule has 2 heterocycles. The van der Waals surface area contributed by atoms with Gasteiger partial charge in [-0.2, -0.15) is 18.2 Å². The molecule has 0 unspecified atom stereocenters. The molecule has 0 spiro atoms. The molecule has 1 aromatic heterocycles. The van der Waals surface area contributed by atoms with E-state index in [0.717, 1.165) is 19.2 Å². The molecule has 31 heavy (non-hydrogen) atoms. The van der Waals surface area contributed by atoms with E-state index in [0.29, 0.717) is 24.6 Å². The number of benzene rings is 1. The van der Waals surface area contributed by atoms with Crippen molar-refractivity contribution in [3.8, 4) is 0 Å². The number of piperazine rings is 1. The Balaban J connectivity index is 1.68. The van der Waals surface area contributed by atoms with Crippen LogP contribution < -0.4 is 10.2 Å². The molecule has 0 atom stereocenters. The average Bonchev–Trinajstić information content (AvgIpc) is 3.16. The van der Waals surface area contributed by atoms with Gasteiger partial charge in [-0.25, -0.2) is 0 Å². The number of aromatic nitrogens is 2. The quantitative estimate of drug-likeness (QED) is 0.766. The first kappa shape index (κ1) is 23.1. The summed E-state index contributed by atoms with van der Waals surface area (Å²) >= 11 is 0. The summed E-state index contributed by atoms with van der Waals surface area (Å²) in [5.41, 5.74) is -0.905. The van der Waals surface area contributed by atoms with Crippen molar-refractivity contribution in [2.45, 2.75) is 45.2 Å². The van der Waals surface area contributed by atoms with E-state index < -0.39 is 17.6 Å². The molecule has 0 aliphatic carbocycles. The molecule has 1 saturated heterocycles. The zero-order valence-corrected chi connectivity index (χ0v) is 18.2. The number of aryl methyl sites for hydroxylation is 1. The number of nitrogens with one attached hydrogen (secondary N) is 1. The number of carbonyl (C=O) groups is 1. The van der Waals surface area contributed by atoms with Gasteiger partial charge in [-0.1, -0.05) is 25.9 Å². The molecule has 7 nitrogen and oxygen atoms in total. The Kier molecular flexibility index (Phi) is 6.59. The summed E-state index contributed by atoms with van der Waals surface area (Å²) in [6, 6.07) is 4.04. The van der Waals surface area contributed by atoms with Gasteiger partial charge in [-0.05, 0) is 25.2 Å². The molecule has 1 aliphatic rings. The SMILES string of the molecule is CN1CCN(c2ccc(NC(=O)CCc3nc(C(C)(C)C)no3)c(C(F)(F)F)c2)CC1. The second-order valence-corrected chi connectivity index (χ2v) is 8.83. The Hall–Kier alpha value is -2.62. The molecule has 2 aromatic rings. The molecule has 0 radical (unpaired) electrons. The van der Waals surface area contributed by atoms with Crippen molar-refractivity contribution in [2.75, 3.05) is 43.4 Å². The van der Waals surface area contributed by atoms with Crippen LogP contribution in [0.2, 0.25) is 0 Å². The van der Waals surface area contributed by atoms with E-state index in [1.165, 1.54) is 6.07 Å². The van der Waals surface area contributed by atoms with E-state index in [-0.39, 0.29) is 29.8 Å². The number of hydrogen-bond acceptors (Lipinski definition) is 6. The van der Waals surface area contributed by atoms with Gasteiger partial charge in [-0.3, -0.25) is 4.79 Å². The van der Waals surface area contributed by atoms with Crippen LogP contribution in [0.15, 0.2) is 22.7 Å². The van der Waals surface area contributed by atoms with Crippen molar-refractivity contribution >= 4 is 17.3 Å². The Morgan fingerprint density at radius 2 is 1.84 bits per heavy atom. The van der Waals surface area contributed by atoms with Crippen LogP contribution in [0.25, 0.3) is 0 Å². The molecule has 1 N–H and O–H groups in total. The zero-order valence-electron chi connectivity index (χ0n) is 18.2. The molecule has 0 bridgehead atoms. The standard InChI is InChI=1S/C21H28F3N5O2/c1-20(2,3)19-26-18(31-27-19)8-7-17(30)25-16-6-5-14(13-15(16)21(22,23)24)29-11-9-28(4)10-12-29/h5-6,13H,7-12H2,1-4H3,(H,25,30). The van der Waals surface area contributed by atoms with Crippen molar-refractivity contribution in [2.24, 2.45) is 0 Å². The molecule has 3 rings (SSSR count). The zero-order chi connectivity index (χ0) is 22.8. The van der Waals surface area contributed by atoms with Gasteiger partial charge in [0.15, 0.2) is 5.82 Å². The number of anilines is 2. The van der Waals surface area contributed by atoms with Gasteiger partial charge in [-0.15, -0.1) is 0 Å². The first-order valence-corrected chi connectivity index (χ1v) is 10.2. The highest BCUT2D eigenvalue weighted by molar-refractivity contribution is 5.92. The number of hydrogen-bond donors (Lipinski definition) is 1. The Labute approximate surface area is 179 Å². The second-order valence-electron chi connectivity index (χ2n) is 8.83. The van der Waals surface area contributed by atoms with Gasteiger partial charge >= 0.3 is 6.18 Å². The number of rotatable bonds is 5. The number of likely N-dealkylation sites (N-methyl/N-ethyl adjacent to an activating group) is 1. The monoisotopic (exact) mass is 439 g/mol. The normalized spacial score (nSPS) is 15.9. The highest BCUT2D eigenvalue weighted by Gasteiger charge is 2.35. The van der Waals surface area contributed by atoms with Crippen LogP contribution in [0, 0.1) is 0 Å². The first-order chi connectivity index (χ1) is 14.4. The summed E-state index contributed by atoms with van der Waals surface area (Å²) in [6.45, 7) is 8.66. The number of carbonyl (C=O) groups excluding carboxylic acids is 1. The molecule has 1 aliphatic heterocycles. The molecular weight excluding hydrogens is 411 g/mol. The Bertz CT molecular complexity index is 912. The number of alkyl halides is 3. The fourth-order valence-corrected chi connectivity index (χ4v) is 3.23. The van der Waals surface area contributed by atoms with Crippen molar-refractivity contribution in [3.63, 3.8) is 0 Å². The molecule has 170 valence electrons. The van der Waals surface area contributed by atoms with Crippen LogP contribution in [-0.2, 0) is 22.8 Å². The molecule has 0 saturated carbocycles. The smallest absolute Gasteiger partial charge is 0.369 e. The topological polar surface area (TPSA) is 74.5 Å². The fourth-order valence-electron chi connectivity index (χ4n) is 3.23. The third-order valence-corrected chi connectivity index (χ3v) is 5.16. The lowest BCUT2D eigenvalue weighted by Gasteiger charge is -2.34. The van der Waals surface area contributed by atoms with Gasteiger partial charge in [0.05, 0.1) is 11.3 Å². The van der Waals surface area contributed by atoms with Crippen molar-refractivity contribution in [1.82, 2.24) is 15.0 Å². The maximum absolute atomic E-state index is 13.7. The summed E-state index contributed by atoms with van der Waals surface area (Å²) in [5.74, 6) is 0.247. The molecule has 1 fully saturated rings. The van der Waals surface area contributed by atoms with Crippen LogP contribution in [0.5, 0.6) is 0 Å². The maximum Gasteiger partial charge on any atom is 0.418 e. The van der Waals surface area contributed by atoms with Gasteiger partial charge in [0, 0.05) is 50.1 Å². The Morgan fingerprint density at radius 3 is 2.42 bits per heavy atom. The predicted octanol–water partition coefficient (Wildman–Crippen LogP) is 3.71. The van der Waals surface area contributed by atoms with E-state index in [9.17, 15) is 18.0 Å². The fraction of sp³-hybridized carbons (Fsp3) is 0.571. The highest BCUT2D eigenvalue weighted by atomic mass is 19.4. The van der Waals surface area contributed by atoms with Crippen LogP contribution in [0.4, 0.5) is 24.5 Å². The predicted molar refractivity (Wildman–Crippen MR) is 111 cm³/mol. The van der Waals surface area contributed by atoms with E-state index in [2.05, 4.69) is 20.4 Å². The summed E-state index contributed by atoms with van der Waals surface area (Å²) in [6.07, 6.45) is -4.50. The van der Waals surface area contributed by atoms with Crippen molar-refractivity contribution < 1.29 is 22.5 Å². The van der Waals surface area contributed by atoms with Crippen LogP contribution >= 0.6 is 0 Å². The minimum atomic E-state index is -4.58. The molecule has 10 heteroatoms. The molecular formula is C21H28F3N5O2. The summed E-state index contributed by atoms with van der Waals surface area (Å²) in [5, 5.41) is 6.27. The molecule has 1 aromatic carbocycles. The van der Waals surface area contributed by atoms with E-state index in [1.54, 1.807) is 6.07 Å². The van der Waals surface area contributed by atoms with E-state index in [1.807, 2.05) is 32.7 Å². The van der Waals surface area contributed by atoms with Crippen LogP contribution in [-0.4, -0.2) is 54.2 Å². The number of amides is 1. The van der Waals surface area contributed by atoms with Crippen LogP contribution in [0.1, 0.15) is 44.5 Å². The third kappa shape index (κ3) is 5.96. The van der Waals surface area contributed by atoms with E-state index in [4.69, 9.17) is 4.52 Å². The van der Waals surface area contributed by atoms with Crippen molar-refractivity contribution in [3.05, 3.63) is 35.5 Å². The minimum absolute atomic E-state index is 0.0662. The lowest BCUT2D eigenvalue weighted by molar-refractivity contribution is -0.136. The Morgan fingerprint density at radius 1 is 1.16 bits per heavy atom. The van der Waals surface area contributed by atoms with Crippen molar-refractivity contribution in [1.29, 1.82) is 0 Å². The summed E-state index contributed by atoms with van der Waals surface area (Å²) in [4.78, 5) is 20.6. The highest BCUT2D eigenvalue weighted by Crippen LogP contribution is 2.37. The molecule has 1 amide bonds. The van der Waals surface area contributed by atoms with Crippen LogP contribution in [0.3, 0.4) is 0 Å². The largest absolute Gasteiger partial charge is 0.418 e. The lowest BCUT2D eigenvalue weighted by Crippen LogP contribution is -2.44. The first-order valence-electron chi connectivity index (χ1n) is 10.2. The average molecular weight is 439 g/mol. The summed E-state index contributed by atoms with van der Waals surface area (Å²) in [7, 11) is 1.98. The second kappa shape index (κ2) is 8.86. The van der Waals surface area contributed by atoms with Gasteiger partial charge in [0.25, 0.3) is 0 Å². The number of nitrogens with zero attached hydrogens (tertiary/aromatic N) is 4. The number of halogens is 3. The minimum Gasteiger partial charge on any atom is -0.369 e. The van der Waals surface area contributed by atoms with E-state index >= 15 is 0 Å². The summed E-state index contributed by atoms with van der Waals surface area (Å²) < 4.78 is 46.1. The van der Waals surface area contributed by atoms with Gasteiger partial charge in [0.1, 0.15) is 0 Å².